The van der Waals surface area contributed by atoms with Gasteiger partial charge in [0.25, 0.3) is 0 Å². The third-order valence-electron chi connectivity index (χ3n) is 4.28. The average Bonchev–Trinajstić information content (AvgIpc) is 2.52. The number of hydrogen-bond donors (Lipinski definition) is 2. The lowest BCUT2D eigenvalue weighted by atomic mass is 9.88. The summed E-state index contributed by atoms with van der Waals surface area (Å²) < 4.78 is 0. The molecule has 126 valence electrons. The smallest absolute Gasteiger partial charge is 0.239 e. The quantitative estimate of drug-likeness (QED) is 0.785. The van der Waals surface area contributed by atoms with Crippen molar-refractivity contribution in [3.05, 3.63) is 28.2 Å². The van der Waals surface area contributed by atoms with Gasteiger partial charge in [0.2, 0.25) is 11.8 Å². The third kappa shape index (κ3) is 4.39. The van der Waals surface area contributed by atoms with Crippen LogP contribution >= 0.6 is 23.2 Å². The van der Waals surface area contributed by atoms with E-state index in [9.17, 15) is 9.59 Å². The molecule has 0 bridgehead atoms. The molecule has 1 saturated carbocycles. The molecule has 0 aliphatic heterocycles. The van der Waals surface area contributed by atoms with Crippen LogP contribution in [0, 0.1) is 5.41 Å². The van der Waals surface area contributed by atoms with Gasteiger partial charge in [-0.3, -0.25) is 9.59 Å². The van der Waals surface area contributed by atoms with Crippen molar-refractivity contribution in [2.45, 2.75) is 52.0 Å². The normalized spacial score (nSPS) is 16.0. The van der Waals surface area contributed by atoms with Gasteiger partial charge >= 0.3 is 0 Å². The number of amides is 2. The van der Waals surface area contributed by atoms with Crippen molar-refractivity contribution in [2.75, 3.05) is 5.32 Å². The van der Waals surface area contributed by atoms with E-state index >= 15 is 0 Å². The summed E-state index contributed by atoms with van der Waals surface area (Å²) in [6.45, 7) is 3.22. The van der Waals surface area contributed by atoms with Crippen LogP contribution in [-0.4, -0.2) is 17.9 Å². The van der Waals surface area contributed by atoms with Crippen LogP contribution in [0.15, 0.2) is 18.2 Å². The van der Waals surface area contributed by atoms with Gasteiger partial charge in [0.15, 0.2) is 0 Å². The van der Waals surface area contributed by atoms with E-state index in [1.54, 1.807) is 32.0 Å². The highest BCUT2D eigenvalue weighted by molar-refractivity contribution is 6.44. The first kappa shape index (κ1) is 18.1. The van der Waals surface area contributed by atoms with Crippen LogP contribution in [0.4, 0.5) is 5.69 Å². The van der Waals surface area contributed by atoms with E-state index < -0.39 is 11.3 Å². The Morgan fingerprint density at radius 3 is 2.39 bits per heavy atom. The number of halogens is 2. The Kier molecular flexibility index (Phi) is 5.93. The molecule has 1 aromatic rings. The summed E-state index contributed by atoms with van der Waals surface area (Å²) >= 11 is 12.0. The SMILES string of the molecule is CC(C)(C(=O)Nc1cccc(Cl)c1Cl)C(=O)NC1CCCCC1. The van der Waals surface area contributed by atoms with Crippen molar-refractivity contribution >= 4 is 40.7 Å². The van der Waals surface area contributed by atoms with Crippen molar-refractivity contribution < 1.29 is 9.59 Å². The number of benzene rings is 1. The lowest BCUT2D eigenvalue weighted by Crippen LogP contribution is -2.49. The molecule has 6 heteroatoms. The standard InChI is InChI=1S/C17H22Cl2N2O2/c1-17(2,15(22)20-11-7-4-3-5-8-11)16(23)21-13-10-6-9-12(18)14(13)19/h6,9-11H,3-5,7-8H2,1-2H3,(H,20,22)(H,21,23). The van der Waals surface area contributed by atoms with Gasteiger partial charge in [0.05, 0.1) is 15.7 Å². The van der Waals surface area contributed by atoms with Crippen molar-refractivity contribution in [1.29, 1.82) is 0 Å². The van der Waals surface area contributed by atoms with E-state index in [4.69, 9.17) is 23.2 Å². The van der Waals surface area contributed by atoms with E-state index in [2.05, 4.69) is 10.6 Å². The number of anilines is 1. The number of carbonyl (C=O) groups is 2. The lowest BCUT2D eigenvalue weighted by molar-refractivity contribution is -0.139. The third-order valence-corrected chi connectivity index (χ3v) is 5.09. The fraction of sp³-hybridized carbons (Fsp3) is 0.529. The molecule has 0 unspecified atom stereocenters. The first-order valence-corrected chi connectivity index (χ1v) is 8.64. The van der Waals surface area contributed by atoms with Gasteiger partial charge in [0.1, 0.15) is 5.41 Å². The Bertz CT molecular complexity index is 596. The van der Waals surface area contributed by atoms with E-state index in [0.717, 1.165) is 25.7 Å². The van der Waals surface area contributed by atoms with Crippen molar-refractivity contribution in [3.8, 4) is 0 Å². The molecule has 0 radical (unpaired) electrons. The molecule has 2 amide bonds. The van der Waals surface area contributed by atoms with Gasteiger partial charge in [-0.15, -0.1) is 0 Å². The Labute approximate surface area is 146 Å². The number of carbonyl (C=O) groups excluding carboxylic acids is 2. The number of rotatable bonds is 4. The lowest BCUT2D eigenvalue weighted by Gasteiger charge is -2.28. The molecule has 1 fully saturated rings. The molecule has 1 aliphatic rings. The summed E-state index contributed by atoms with van der Waals surface area (Å²) in [7, 11) is 0. The molecule has 0 aromatic heterocycles. The summed E-state index contributed by atoms with van der Waals surface area (Å²) in [6, 6.07) is 5.15. The Morgan fingerprint density at radius 2 is 1.74 bits per heavy atom. The van der Waals surface area contributed by atoms with E-state index in [-0.39, 0.29) is 17.0 Å². The van der Waals surface area contributed by atoms with Crippen molar-refractivity contribution in [3.63, 3.8) is 0 Å². The molecular weight excluding hydrogens is 335 g/mol. The molecule has 1 aliphatic carbocycles. The summed E-state index contributed by atoms with van der Waals surface area (Å²) in [5.41, 5.74) is -0.786. The maximum absolute atomic E-state index is 12.5. The first-order chi connectivity index (χ1) is 10.8. The van der Waals surface area contributed by atoms with Crippen LogP contribution < -0.4 is 10.6 Å². The average molecular weight is 357 g/mol. The summed E-state index contributed by atoms with van der Waals surface area (Å²) in [5.74, 6) is -0.671. The highest BCUT2D eigenvalue weighted by Crippen LogP contribution is 2.31. The second kappa shape index (κ2) is 7.54. The topological polar surface area (TPSA) is 58.2 Å². The van der Waals surface area contributed by atoms with E-state index in [1.165, 1.54) is 6.42 Å². The first-order valence-electron chi connectivity index (χ1n) is 7.89. The molecule has 23 heavy (non-hydrogen) atoms. The van der Waals surface area contributed by atoms with Crippen molar-refractivity contribution in [2.24, 2.45) is 5.41 Å². The largest absolute Gasteiger partial charge is 0.352 e. The Morgan fingerprint density at radius 1 is 1.09 bits per heavy atom. The Hall–Kier alpha value is -1.26. The molecule has 0 atom stereocenters. The second-order valence-corrected chi connectivity index (χ2v) is 7.27. The fourth-order valence-electron chi connectivity index (χ4n) is 2.59. The van der Waals surface area contributed by atoms with Gasteiger partial charge in [-0.05, 0) is 38.8 Å². The van der Waals surface area contributed by atoms with Crippen LogP contribution in [0.3, 0.4) is 0 Å². The second-order valence-electron chi connectivity index (χ2n) is 6.49. The maximum atomic E-state index is 12.5. The van der Waals surface area contributed by atoms with Crippen molar-refractivity contribution in [1.82, 2.24) is 5.32 Å². The fourth-order valence-corrected chi connectivity index (χ4v) is 2.94. The molecule has 4 nitrogen and oxygen atoms in total. The summed E-state index contributed by atoms with van der Waals surface area (Å²) in [6.07, 6.45) is 5.40. The maximum Gasteiger partial charge on any atom is 0.239 e. The number of hydrogen-bond acceptors (Lipinski definition) is 2. The molecule has 0 heterocycles. The van der Waals surface area contributed by atoms with Crippen LogP contribution in [0.5, 0.6) is 0 Å². The zero-order valence-electron chi connectivity index (χ0n) is 13.4. The summed E-state index contributed by atoms with van der Waals surface area (Å²) in [4.78, 5) is 25.0. The predicted octanol–water partition coefficient (Wildman–Crippen LogP) is 4.41. The van der Waals surface area contributed by atoms with Gasteiger partial charge in [-0.2, -0.15) is 0 Å². The highest BCUT2D eigenvalue weighted by atomic mass is 35.5. The number of nitrogens with one attached hydrogen (secondary N) is 2. The van der Waals surface area contributed by atoms with Crippen LogP contribution in [0.2, 0.25) is 10.0 Å². The molecule has 1 aromatic carbocycles. The minimum Gasteiger partial charge on any atom is -0.352 e. The molecule has 2 rings (SSSR count). The molecule has 0 saturated heterocycles. The Balaban J connectivity index is 2.03. The molecule has 2 N–H and O–H groups in total. The van der Waals surface area contributed by atoms with Gasteiger partial charge in [-0.1, -0.05) is 48.5 Å². The minimum atomic E-state index is -1.19. The van der Waals surface area contributed by atoms with E-state index in [1.807, 2.05) is 0 Å². The molecular formula is C17H22Cl2N2O2. The van der Waals surface area contributed by atoms with Crippen LogP contribution in [-0.2, 0) is 9.59 Å². The van der Waals surface area contributed by atoms with Crippen LogP contribution in [0.25, 0.3) is 0 Å². The molecule has 0 spiro atoms. The zero-order valence-corrected chi connectivity index (χ0v) is 14.9. The van der Waals surface area contributed by atoms with E-state index in [0.29, 0.717) is 10.7 Å². The monoisotopic (exact) mass is 356 g/mol. The minimum absolute atomic E-state index is 0.165. The van der Waals surface area contributed by atoms with Gasteiger partial charge in [-0.25, -0.2) is 0 Å². The highest BCUT2D eigenvalue weighted by Gasteiger charge is 2.37. The van der Waals surface area contributed by atoms with Gasteiger partial charge in [0, 0.05) is 6.04 Å². The van der Waals surface area contributed by atoms with Crippen LogP contribution in [0.1, 0.15) is 46.0 Å². The predicted molar refractivity (Wildman–Crippen MR) is 93.9 cm³/mol. The zero-order chi connectivity index (χ0) is 17.0. The van der Waals surface area contributed by atoms with Gasteiger partial charge < -0.3 is 10.6 Å². The summed E-state index contributed by atoms with van der Waals surface area (Å²) in [5, 5.41) is 6.31.